The number of hydrogen-bond donors (Lipinski definition) is 1. The van der Waals surface area contributed by atoms with Crippen molar-refractivity contribution in [2.75, 3.05) is 11.4 Å². The predicted molar refractivity (Wildman–Crippen MR) is 96.2 cm³/mol. The SMILES string of the molecule is CC(C)CCC(C)Oc1cc(O)c2c(c1)N1CCCCC1CC2=O. The highest BCUT2D eigenvalue weighted by Gasteiger charge is 2.35. The monoisotopic (exact) mass is 331 g/mol. The molecule has 4 heteroatoms. The van der Waals surface area contributed by atoms with Crippen molar-refractivity contribution in [2.45, 2.75) is 71.4 Å². The van der Waals surface area contributed by atoms with E-state index in [-0.39, 0.29) is 23.7 Å². The molecular weight excluding hydrogens is 302 g/mol. The third kappa shape index (κ3) is 3.52. The highest BCUT2D eigenvalue weighted by Crippen LogP contribution is 2.42. The first-order chi connectivity index (χ1) is 11.5. The van der Waals surface area contributed by atoms with Crippen molar-refractivity contribution in [3.05, 3.63) is 17.7 Å². The lowest BCUT2D eigenvalue weighted by molar-refractivity contribution is 0.0958. The standard InChI is InChI=1S/C20H29NO3/c1-13(2)7-8-14(3)24-16-11-17-20(19(23)12-16)18(22)10-15-6-4-5-9-21(15)17/h11-15,23H,4-10H2,1-3H3. The number of hydrogen-bond acceptors (Lipinski definition) is 4. The van der Waals surface area contributed by atoms with Gasteiger partial charge in [0, 0.05) is 31.1 Å². The van der Waals surface area contributed by atoms with Gasteiger partial charge in [-0.15, -0.1) is 0 Å². The Morgan fingerprint density at radius 2 is 2.04 bits per heavy atom. The summed E-state index contributed by atoms with van der Waals surface area (Å²) in [6.07, 6.45) is 6.10. The maximum atomic E-state index is 12.4. The van der Waals surface area contributed by atoms with E-state index in [4.69, 9.17) is 4.74 Å². The van der Waals surface area contributed by atoms with Crippen LogP contribution in [0.1, 0.15) is 69.7 Å². The van der Waals surface area contributed by atoms with Gasteiger partial charge in [0.2, 0.25) is 0 Å². The van der Waals surface area contributed by atoms with Crippen LogP contribution in [0.3, 0.4) is 0 Å². The number of ether oxygens (including phenoxy) is 1. The molecule has 0 bridgehead atoms. The zero-order valence-corrected chi connectivity index (χ0v) is 15.0. The average Bonchev–Trinajstić information content (AvgIpc) is 2.52. The van der Waals surface area contributed by atoms with Crippen molar-refractivity contribution in [2.24, 2.45) is 5.92 Å². The van der Waals surface area contributed by atoms with Crippen molar-refractivity contribution < 1.29 is 14.6 Å². The Kier molecular flexibility index (Phi) is 5.02. The number of nitrogens with zero attached hydrogens (tertiary/aromatic N) is 1. The summed E-state index contributed by atoms with van der Waals surface area (Å²) in [5.41, 5.74) is 1.34. The van der Waals surface area contributed by atoms with Gasteiger partial charge >= 0.3 is 0 Å². The first-order valence-electron chi connectivity index (χ1n) is 9.29. The second kappa shape index (κ2) is 7.04. The number of phenolic OH excluding ortho intramolecular Hbond substituents is 1. The number of phenols is 1. The molecule has 0 spiro atoms. The first kappa shape index (κ1) is 17.1. The molecule has 1 aromatic rings. The Labute approximate surface area is 144 Å². The highest BCUT2D eigenvalue weighted by molar-refractivity contribution is 6.06. The van der Waals surface area contributed by atoms with E-state index >= 15 is 0 Å². The molecule has 2 aliphatic heterocycles. The minimum absolute atomic E-state index is 0.0602. The number of aromatic hydroxyl groups is 1. The molecule has 132 valence electrons. The fourth-order valence-electron chi connectivity index (χ4n) is 3.87. The van der Waals surface area contributed by atoms with Crippen molar-refractivity contribution in [3.8, 4) is 11.5 Å². The van der Waals surface area contributed by atoms with Gasteiger partial charge in [0.05, 0.1) is 17.4 Å². The number of carbonyl (C=O) groups excluding carboxylic acids is 1. The summed E-state index contributed by atoms with van der Waals surface area (Å²) >= 11 is 0. The Bertz CT molecular complexity index is 611. The number of rotatable bonds is 5. The van der Waals surface area contributed by atoms with Crippen LogP contribution in [0.2, 0.25) is 0 Å². The van der Waals surface area contributed by atoms with Gasteiger partial charge in [-0.2, -0.15) is 0 Å². The lowest BCUT2D eigenvalue weighted by Gasteiger charge is -2.41. The Hall–Kier alpha value is -1.71. The summed E-state index contributed by atoms with van der Waals surface area (Å²) in [6, 6.07) is 3.84. The van der Waals surface area contributed by atoms with Gasteiger partial charge in [-0.25, -0.2) is 0 Å². The normalized spacial score (nSPS) is 21.4. The predicted octanol–water partition coefficient (Wildman–Crippen LogP) is 4.54. The molecule has 3 rings (SSSR count). The maximum Gasteiger partial charge on any atom is 0.170 e. The summed E-state index contributed by atoms with van der Waals surface area (Å²) in [7, 11) is 0. The van der Waals surface area contributed by atoms with Crippen LogP contribution in [0.4, 0.5) is 5.69 Å². The number of anilines is 1. The third-order valence-electron chi connectivity index (χ3n) is 5.19. The van der Waals surface area contributed by atoms with E-state index in [2.05, 4.69) is 25.7 Å². The molecule has 0 radical (unpaired) electrons. The van der Waals surface area contributed by atoms with E-state index in [1.165, 1.54) is 6.42 Å². The zero-order valence-electron chi connectivity index (χ0n) is 15.0. The van der Waals surface area contributed by atoms with Crippen molar-refractivity contribution in [1.29, 1.82) is 0 Å². The van der Waals surface area contributed by atoms with Gasteiger partial charge in [0.1, 0.15) is 11.5 Å². The number of Topliss-reactive ketones (excluding diaryl/α,β-unsaturated/α-hetero) is 1. The molecule has 1 saturated heterocycles. The smallest absolute Gasteiger partial charge is 0.170 e. The molecule has 2 atom stereocenters. The molecule has 1 fully saturated rings. The molecule has 24 heavy (non-hydrogen) atoms. The molecule has 2 unspecified atom stereocenters. The van der Waals surface area contributed by atoms with Gasteiger partial charge in [0.25, 0.3) is 0 Å². The van der Waals surface area contributed by atoms with Crippen LogP contribution in [0.25, 0.3) is 0 Å². The topological polar surface area (TPSA) is 49.8 Å². The van der Waals surface area contributed by atoms with Crippen LogP contribution in [-0.4, -0.2) is 29.6 Å². The minimum atomic E-state index is 0.0602. The fourth-order valence-corrected chi connectivity index (χ4v) is 3.87. The largest absolute Gasteiger partial charge is 0.507 e. The molecule has 0 aromatic heterocycles. The quantitative estimate of drug-likeness (QED) is 0.860. The molecule has 0 saturated carbocycles. The van der Waals surface area contributed by atoms with Crippen LogP contribution in [0.5, 0.6) is 11.5 Å². The van der Waals surface area contributed by atoms with Gasteiger partial charge in [-0.3, -0.25) is 4.79 Å². The molecular formula is C20H29NO3. The Balaban J connectivity index is 1.84. The van der Waals surface area contributed by atoms with Crippen LogP contribution < -0.4 is 9.64 Å². The Morgan fingerprint density at radius 3 is 2.79 bits per heavy atom. The zero-order chi connectivity index (χ0) is 17.3. The van der Waals surface area contributed by atoms with Gasteiger partial charge in [0.15, 0.2) is 5.78 Å². The van der Waals surface area contributed by atoms with Gasteiger partial charge in [-0.1, -0.05) is 13.8 Å². The number of ketones is 1. The van der Waals surface area contributed by atoms with Gasteiger partial charge < -0.3 is 14.7 Å². The summed E-state index contributed by atoms with van der Waals surface area (Å²) in [5.74, 6) is 1.44. The molecule has 0 amide bonds. The fraction of sp³-hybridized carbons (Fsp3) is 0.650. The average molecular weight is 331 g/mol. The summed E-state index contributed by atoms with van der Waals surface area (Å²) in [6.45, 7) is 7.43. The minimum Gasteiger partial charge on any atom is -0.507 e. The summed E-state index contributed by atoms with van der Waals surface area (Å²) < 4.78 is 6.03. The second-order valence-corrected chi connectivity index (χ2v) is 7.71. The number of fused-ring (bicyclic) bond motifs is 3. The van der Waals surface area contributed by atoms with E-state index in [9.17, 15) is 9.90 Å². The lowest BCUT2D eigenvalue weighted by atomic mass is 9.88. The van der Waals surface area contributed by atoms with Gasteiger partial charge in [-0.05, 0) is 44.9 Å². The third-order valence-corrected chi connectivity index (χ3v) is 5.19. The van der Waals surface area contributed by atoms with E-state index < -0.39 is 0 Å². The van der Waals surface area contributed by atoms with Crippen LogP contribution in [0.15, 0.2) is 12.1 Å². The first-order valence-corrected chi connectivity index (χ1v) is 9.29. The summed E-state index contributed by atoms with van der Waals surface area (Å²) in [5, 5.41) is 10.4. The molecule has 1 N–H and O–H groups in total. The molecule has 0 aliphatic carbocycles. The summed E-state index contributed by atoms with van der Waals surface area (Å²) in [4.78, 5) is 14.7. The Morgan fingerprint density at radius 1 is 1.25 bits per heavy atom. The van der Waals surface area contributed by atoms with Crippen molar-refractivity contribution in [3.63, 3.8) is 0 Å². The molecule has 2 heterocycles. The van der Waals surface area contributed by atoms with E-state index in [1.54, 1.807) is 6.07 Å². The van der Waals surface area contributed by atoms with E-state index in [1.807, 2.05) is 6.07 Å². The number of carbonyl (C=O) groups is 1. The van der Waals surface area contributed by atoms with Crippen LogP contribution in [-0.2, 0) is 0 Å². The second-order valence-electron chi connectivity index (χ2n) is 7.71. The maximum absolute atomic E-state index is 12.4. The number of benzene rings is 1. The molecule has 4 nitrogen and oxygen atoms in total. The van der Waals surface area contributed by atoms with Crippen LogP contribution in [0, 0.1) is 5.92 Å². The van der Waals surface area contributed by atoms with Crippen molar-refractivity contribution in [1.82, 2.24) is 0 Å². The number of piperidine rings is 1. The molecule has 1 aromatic carbocycles. The van der Waals surface area contributed by atoms with E-state index in [0.29, 0.717) is 23.7 Å². The van der Waals surface area contributed by atoms with Crippen LogP contribution >= 0.6 is 0 Å². The highest BCUT2D eigenvalue weighted by atomic mass is 16.5. The molecule has 2 aliphatic rings. The van der Waals surface area contributed by atoms with E-state index in [0.717, 1.165) is 37.9 Å². The van der Waals surface area contributed by atoms with Crippen molar-refractivity contribution >= 4 is 11.5 Å². The lowest BCUT2D eigenvalue weighted by Crippen LogP contribution is -2.44.